The highest BCUT2D eigenvalue weighted by atomic mass is 19.1. The lowest BCUT2D eigenvalue weighted by Crippen LogP contribution is -2.29. The van der Waals surface area contributed by atoms with Crippen molar-refractivity contribution < 1.29 is 19.0 Å². The minimum Gasteiger partial charge on any atom is -0.504 e. The summed E-state index contributed by atoms with van der Waals surface area (Å²) >= 11 is 0. The Balaban J connectivity index is 3.49. The number of hydrogen-bond acceptors (Lipinski definition) is 3. The van der Waals surface area contributed by atoms with Crippen molar-refractivity contribution in [1.29, 1.82) is 0 Å². The topological polar surface area (TPSA) is 66.5 Å². The average Bonchev–Trinajstić information content (AvgIpc) is 2.06. The van der Waals surface area contributed by atoms with Gasteiger partial charge in [-0.2, -0.15) is 4.39 Å². The van der Waals surface area contributed by atoms with E-state index in [0.717, 1.165) is 6.07 Å². The molecule has 1 rings (SSSR count). The Hall–Kier alpha value is -1.36. The molecule has 14 heavy (non-hydrogen) atoms. The lowest BCUT2D eigenvalue weighted by Gasteiger charge is -2.21. The second kappa shape index (κ2) is 3.09. The van der Waals surface area contributed by atoms with Crippen LogP contribution in [0.25, 0.3) is 0 Å². The van der Waals surface area contributed by atoms with Gasteiger partial charge in [0.15, 0.2) is 17.3 Å². The molecule has 0 aromatic heterocycles. The number of rotatable bonds is 1. The Labute approximate surface area is 79.8 Å². The van der Waals surface area contributed by atoms with Crippen molar-refractivity contribution in [2.75, 3.05) is 0 Å². The molecule has 1 aromatic rings. The van der Waals surface area contributed by atoms with E-state index < -0.39 is 28.7 Å². The number of aromatic hydroxyl groups is 2. The van der Waals surface area contributed by atoms with Gasteiger partial charge in [0.2, 0.25) is 5.82 Å². The van der Waals surface area contributed by atoms with Crippen LogP contribution in [0.15, 0.2) is 6.07 Å². The minimum absolute atomic E-state index is 0.0923. The smallest absolute Gasteiger partial charge is 0.209 e. The van der Waals surface area contributed by atoms with E-state index in [0.29, 0.717) is 0 Å². The van der Waals surface area contributed by atoms with Crippen LogP contribution in [0.1, 0.15) is 19.4 Å². The summed E-state index contributed by atoms with van der Waals surface area (Å²) in [5.41, 5.74) is 4.39. The molecule has 0 radical (unpaired) electrons. The van der Waals surface area contributed by atoms with Crippen LogP contribution in [0.5, 0.6) is 11.5 Å². The van der Waals surface area contributed by atoms with Crippen molar-refractivity contribution in [3.05, 3.63) is 23.3 Å². The molecule has 0 aliphatic carbocycles. The molecule has 0 spiro atoms. The molecule has 0 aliphatic heterocycles. The molecular weight excluding hydrogens is 192 g/mol. The summed E-state index contributed by atoms with van der Waals surface area (Å²) in [5.74, 6) is -4.56. The van der Waals surface area contributed by atoms with Crippen molar-refractivity contribution >= 4 is 0 Å². The highest BCUT2D eigenvalue weighted by Crippen LogP contribution is 2.35. The molecule has 0 saturated heterocycles. The van der Waals surface area contributed by atoms with Gasteiger partial charge in [0.25, 0.3) is 0 Å². The Morgan fingerprint density at radius 2 is 1.71 bits per heavy atom. The number of halogens is 2. The zero-order chi connectivity index (χ0) is 11.1. The first-order valence-electron chi connectivity index (χ1n) is 3.94. The van der Waals surface area contributed by atoms with Crippen molar-refractivity contribution in [1.82, 2.24) is 0 Å². The normalized spacial score (nSPS) is 11.8. The zero-order valence-electron chi connectivity index (χ0n) is 7.81. The fourth-order valence-corrected chi connectivity index (χ4v) is 1.09. The van der Waals surface area contributed by atoms with E-state index in [4.69, 9.17) is 10.8 Å². The molecule has 0 amide bonds. The molecule has 78 valence electrons. The maximum Gasteiger partial charge on any atom is 0.209 e. The van der Waals surface area contributed by atoms with Crippen molar-refractivity contribution in [2.24, 2.45) is 5.73 Å². The maximum atomic E-state index is 13.0. The number of hydrogen-bond donors (Lipinski definition) is 3. The number of benzene rings is 1. The predicted octanol–water partition coefficient (Wildman–Crippen LogP) is 1.57. The monoisotopic (exact) mass is 203 g/mol. The number of phenols is 2. The van der Waals surface area contributed by atoms with Crippen LogP contribution in [0, 0.1) is 11.6 Å². The highest BCUT2D eigenvalue weighted by Gasteiger charge is 2.25. The lowest BCUT2D eigenvalue weighted by atomic mass is 9.94. The predicted molar refractivity (Wildman–Crippen MR) is 46.9 cm³/mol. The second-order valence-corrected chi connectivity index (χ2v) is 3.64. The lowest BCUT2D eigenvalue weighted by molar-refractivity contribution is 0.354. The molecule has 0 unspecified atom stereocenters. The van der Waals surface area contributed by atoms with E-state index in [1.807, 2.05) is 0 Å². The Morgan fingerprint density at radius 3 is 2.14 bits per heavy atom. The molecular formula is C9H11F2NO2. The Bertz CT molecular complexity index is 372. The summed E-state index contributed by atoms with van der Waals surface area (Å²) in [5, 5.41) is 18.1. The third-order valence-corrected chi connectivity index (χ3v) is 1.86. The van der Waals surface area contributed by atoms with Crippen LogP contribution in [0.3, 0.4) is 0 Å². The number of nitrogens with two attached hydrogens (primary N) is 1. The molecule has 0 heterocycles. The summed E-state index contributed by atoms with van der Waals surface area (Å²) in [6.45, 7) is 2.97. The van der Waals surface area contributed by atoms with Crippen LogP contribution >= 0.6 is 0 Å². The van der Waals surface area contributed by atoms with Crippen LogP contribution in [0.4, 0.5) is 8.78 Å². The van der Waals surface area contributed by atoms with Gasteiger partial charge in [0.05, 0.1) is 0 Å². The average molecular weight is 203 g/mol. The zero-order valence-corrected chi connectivity index (χ0v) is 7.81. The van der Waals surface area contributed by atoms with Crippen LogP contribution in [-0.2, 0) is 5.54 Å². The van der Waals surface area contributed by atoms with Gasteiger partial charge in [0.1, 0.15) is 0 Å². The molecule has 0 bridgehead atoms. The van der Waals surface area contributed by atoms with Gasteiger partial charge in [-0.1, -0.05) is 0 Å². The van der Waals surface area contributed by atoms with Gasteiger partial charge in [-0.3, -0.25) is 0 Å². The summed E-state index contributed by atoms with van der Waals surface area (Å²) in [4.78, 5) is 0. The summed E-state index contributed by atoms with van der Waals surface area (Å²) < 4.78 is 25.9. The first-order valence-corrected chi connectivity index (χ1v) is 3.94. The van der Waals surface area contributed by atoms with Gasteiger partial charge >= 0.3 is 0 Å². The van der Waals surface area contributed by atoms with Gasteiger partial charge in [0, 0.05) is 11.1 Å². The van der Waals surface area contributed by atoms with E-state index in [9.17, 15) is 13.9 Å². The molecule has 0 fully saturated rings. The van der Waals surface area contributed by atoms with Crippen LogP contribution in [-0.4, -0.2) is 10.2 Å². The van der Waals surface area contributed by atoms with Crippen molar-refractivity contribution in [2.45, 2.75) is 19.4 Å². The third kappa shape index (κ3) is 1.63. The molecule has 0 saturated carbocycles. The minimum atomic E-state index is -1.39. The standard InChI is InChI=1S/C9H11F2NO2/c1-9(2,12)4-3-5(10)8(14)6(11)7(4)13/h3,13-14H,12H2,1-2H3. The highest BCUT2D eigenvalue weighted by molar-refractivity contribution is 5.45. The van der Waals surface area contributed by atoms with E-state index in [1.165, 1.54) is 13.8 Å². The van der Waals surface area contributed by atoms with Gasteiger partial charge in [-0.15, -0.1) is 0 Å². The van der Waals surface area contributed by atoms with Gasteiger partial charge < -0.3 is 15.9 Å². The first kappa shape index (κ1) is 10.7. The van der Waals surface area contributed by atoms with Crippen molar-refractivity contribution in [3.63, 3.8) is 0 Å². The molecule has 0 atom stereocenters. The third-order valence-electron chi connectivity index (χ3n) is 1.86. The van der Waals surface area contributed by atoms with E-state index in [2.05, 4.69) is 0 Å². The first-order chi connectivity index (χ1) is 6.25. The van der Waals surface area contributed by atoms with Gasteiger partial charge in [-0.05, 0) is 19.9 Å². The van der Waals surface area contributed by atoms with Crippen molar-refractivity contribution in [3.8, 4) is 11.5 Å². The fourth-order valence-electron chi connectivity index (χ4n) is 1.09. The molecule has 4 N–H and O–H groups in total. The maximum absolute atomic E-state index is 13.0. The van der Waals surface area contributed by atoms with E-state index in [1.54, 1.807) is 0 Å². The summed E-state index contributed by atoms with van der Waals surface area (Å²) in [6.07, 6.45) is 0. The molecule has 0 aliphatic rings. The molecule has 5 heteroatoms. The Morgan fingerprint density at radius 1 is 1.21 bits per heavy atom. The second-order valence-electron chi connectivity index (χ2n) is 3.64. The fraction of sp³-hybridized carbons (Fsp3) is 0.333. The SMILES string of the molecule is CC(C)(N)c1cc(F)c(O)c(F)c1O. The van der Waals surface area contributed by atoms with Crippen LogP contribution in [0.2, 0.25) is 0 Å². The van der Waals surface area contributed by atoms with E-state index in [-0.39, 0.29) is 5.56 Å². The van der Waals surface area contributed by atoms with Gasteiger partial charge in [-0.25, -0.2) is 4.39 Å². The van der Waals surface area contributed by atoms with E-state index >= 15 is 0 Å². The number of phenolic OH excluding ortho intramolecular Hbond substituents is 2. The quantitative estimate of drug-likeness (QED) is 0.649. The molecule has 1 aromatic carbocycles. The largest absolute Gasteiger partial charge is 0.504 e. The summed E-state index contributed by atoms with van der Waals surface area (Å²) in [7, 11) is 0. The summed E-state index contributed by atoms with van der Waals surface area (Å²) in [6, 6.07) is 0.813. The Kier molecular flexibility index (Phi) is 2.37. The molecule has 3 nitrogen and oxygen atoms in total. The van der Waals surface area contributed by atoms with Crippen LogP contribution < -0.4 is 5.73 Å².